The van der Waals surface area contributed by atoms with Gasteiger partial charge in [-0.3, -0.25) is 4.79 Å². The summed E-state index contributed by atoms with van der Waals surface area (Å²) in [7, 11) is 0. The van der Waals surface area contributed by atoms with Crippen molar-refractivity contribution in [2.75, 3.05) is 6.61 Å². The Morgan fingerprint density at radius 2 is 2.16 bits per heavy atom. The fourth-order valence-corrected chi connectivity index (χ4v) is 3.41. The Balaban J connectivity index is 2.14. The molecule has 2 unspecified atom stereocenters. The highest BCUT2D eigenvalue weighted by molar-refractivity contribution is 5.89. The minimum Gasteiger partial charge on any atom is -0.430 e. The lowest BCUT2D eigenvalue weighted by Crippen LogP contribution is -2.61. The van der Waals surface area contributed by atoms with Gasteiger partial charge in [-0.05, 0) is 11.8 Å². The number of Topliss-reactive ketones (excluding diaryl/α,β-unsaturated/α-hetero) is 1. The van der Waals surface area contributed by atoms with Crippen LogP contribution in [0.25, 0.3) is 0 Å². The molecule has 2 rings (SSSR count). The van der Waals surface area contributed by atoms with Gasteiger partial charge in [0.05, 0.1) is 5.92 Å². The van der Waals surface area contributed by atoms with Gasteiger partial charge in [-0.2, -0.15) is 0 Å². The van der Waals surface area contributed by atoms with E-state index in [4.69, 9.17) is 9.47 Å². The Morgan fingerprint density at radius 1 is 1.47 bits per heavy atom. The SMILES string of the molecule is C=CCOC(=O)OC12CC(=C)C1C(=O)CC(C)(C)C2. The molecule has 2 aliphatic rings. The van der Waals surface area contributed by atoms with E-state index >= 15 is 0 Å². The first-order valence-electron chi connectivity index (χ1n) is 6.47. The van der Waals surface area contributed by atoms with Crippen molar-refractivity contribution in [3.8, 4) is 0 Å². The number of hydrogen-bond donors (Lipinski definition) is 0. The first kappa shape index (κ1) is 13.8. The van der Waals surface area contributed by atoms with Crippen molar-refractivity contribution >= 4 is 11.9 Å². The third kappa shape index (κ3) is 2.44. The molecule has 0 aromatic rings. The molecule has 0 saturated heterocycles. The molecule has 104 valence electrons. The molecule has 2 fully saturated rings. The number of carbonyl (C=O) groups excluding carboxylic acids is 2. The maximum Gasteiger partial charge on any atom is 0.509 e. The van der Waals surface area contributed by atoms with Gasteiger partial charge in [0.1, 0.15) is 18.0 Å². The molecule has 0 N–H and O–H groups in total. The average molecular weight is 264 g/mol. The highest BCUT2D eigenvalue weighted by Crippen LogP contribution is 2.57. The second-order valence-corrected chi connectivity index (χ2v) is 6.27. The normalized spacial score (nSPS) is 32.0. The molecule has 2 atom stereocenters. The Hall–Kier alpha value is -1.58. The van der Waals surface area contributed by atoms with Crippen LogP contribution < -0.4 is 0 Å². The molecule has 2 saturated carbocycles. The summed E-state index contributed by atoms with van der Waals surface area (Å²) in [5.41, 5.74) is -0.0433. The highest BCUT2D eigenvalue weighted by Gasteiger charge is 2.61. The van der Waals surface area contributed by atoms with Crippen LogP contribution in [0.4, 0.5) is 4.79 Å². The van der Waals surface area contributed by atoms with Crippen molar-refractivity contribution in [2.45, 2.75) is 38.7 Å². The minimum absolute atomic E-state index is 0.109. The first-order valence-corrected chi connectivity index (χ1v) is 6.47. The van der Waals surface area contributed by atoms with E-state index in [1.807, 2.05) is 13.8 Å². The zero-order chi connectivity index (χ0) is 14.3. The fraction of sp³-hybridized carbons (Fsp3) is 0.600. The summed E-state index contributed by atoms with van der Waals surface area (Å²) in [5, 5.41) is 0. The molecule has 0 bridgehead atoms. The van der Waals surface area contributed by atoms with Crippen LogP contribution in [0.15, 0.2) is 24.8 Å². The van der Waals surface area contributed by atoms with Crippen molar-refractivity contribution in [1.29, 1.82) is 0 Å². The number of ether oxygens (including phenoxy) is 2. The van der Waals surface area contributed by atoms with E-state index in [2.05, 4.69) is 13.2 Å². The van der Waals surface area contributed by atoms with Crippen LogP contribution in [0.5, 0.6) is 0 Å². The van der Waals surface area contributed by atoms with Crippen molar-refractivity contribution in [2.24, 2.45) is 11.3 Å². The lowest BCUT2D eigenvalue weighted by molar-refractivity contribution is -0.160. The van der Waals surface area contributed by atoms with Crippen molar-refractivity contribution < 1.29 is 19.1 Å². The van der Waals surface area contributed by atoms with Gasteiger partial charge in [0, 0.05) is 12.8 Å². The third-order valence-electron chi connectivity index (χ3n) is 3.82. The number of fused-ring (bicyclic) bond motifs is 1. The van der Waals surface area contributed by atoms with Crippen LogP contribution in [0, 0.1) is 11.3 Å². The van der Waals surface area contributed by atoms with Gasteiger partial charge < -0.3 is 9.47 Å². The van der Waals surface area contributed by atoms with Gasteiger partial charge in [0.15, 0.2) is 0 Å². The van der Waals surface area contributed by atoms with Crippen LogP contribution >= 0.6 is 0 Å². The lowest BCUT2D eigenvalue weighted by Gasteiger charge is -2.55. The molecule has 4 nitrogen and oxygen atoms in total. The predicted octanol–water partition coefficient (Wildman–Crippen LogP) is 3.03. The topological polar surface area (TPSA) is 52.6 Å². The summed E-state index contributed by atoms with van der Waals surface area (Å²) in [6, 6.07) is 0. The molecule has 2 aliphatic carbocycles. The summed E-state index contributed by atoms with van der Waals surface area (Å²) in [4.78, 5) is 23.8. The molecule has 0 aromatic heterocycles. The van der Waals surface area contributed by atoms with Crippen LogP contribution in [0.1, 0.15) is 33.1 Å². The van der Waals surface area contributed by atoms with Crippen molar-refractivity contribution in [1.82, 2.24) is 0 Å². The molecular formula is C15H20O4. The fourth-order valence-electron chi connectivity index (χ4n) is 3.41. The lowest BCUT2D eigenvalue weighted by atomic mass is 9.53. The molecule has 0 amide bonds. The highest BCUT2D eigenvalue weighted by atomic mass is 16.7. The monoisotopic (exact) mass is 264 g/mol. The van der Waals surface area contributed by atoms with E-state index < -0.39 is 11.8 Å². The van der Waals surface area contributed by atoms with E-state index in [9.17, 15) is 9.59 Å². The minimum atomic E-state index is -0.742. The van der Waals surface area contributed by atoms with Gasteiger partial charge >= 0.3 is 6.16 Å². The second-order valence-electron chi connectivity index (χ2n) is 6.27. The van der Waals surface area contributed by atoms with Crippen LogP contribution in [-0.4, -0.2) is 24.1 Å². The number of ketones is 1. The van der Waals surface area contributed by atoms with Crippen LogP contribution in [0.2, 0.25) is 0 Å². The smallest absolute Gasteiger partial charge is 0.430 e. The van der Waals surface area contributed by atoms with Crippen molar-refractivity contribution in [3.63, 3.8) is 0 Å². The van der Waals surface area contributed by atoms with Gasteiger partial charge in [-0.25, -0.2) is 4.79 Å². The first-order chi connectivity index (χ1) is 8.80. The molecule has 0 radical (unpaired) electrons. The summed E-state index contributed by atoms with van der Waals surface area (Å²) in [5.74, 6) is -0.235. The Bertz CT molecular complexity index is 449. The van der Waals surface area contributed by atoms with E-state index in [0.29, 0.717) is 19.3 Å². The van der Waals surface area contributed by atoms with Gasteiger partial charge in [0.25, 0.3) is 0 Å². The largest absolute Gasteiger partial charge is 0.509 e. The van der Waals surface area contributed by atoms with Gasteiger partial charge in [-0.15, -0.1) is 0 Å². The summed E-state index contributed by atoms with van der Waals surface area (Å²) < 4.78 is 10.3. The molecule has 0 spiro atoms. The molecule has 0 aromatic carbocycles. The third-order valence-corrected chi connectivity index (χ3v) is 3.82. The molecule has 19 heavy (non-hydrogen) atoms. The predicted molar refractivity (Wildman–Crippen MR) is 70.6 cm³/mol. The number of rotatable bonds is 3. The Labute approximate surface area is 113 Å². The number of hydrogen-bond acceptors (Lipinski definition) is 4. The maximum atomic E-state index is 12.2. The van der Waals surface area contributed by atoms with E-state index in [1.54, 1.807) is 0 Å². The van der Waals surface area contributed by atoms with Crippen LogP contribution in [-0.2, 0) is 14.3 Å². The molecule has 0 aliphatic heterocycles. The van der Waals surface area contributed by atoms with E-state index in [1.165, 1.54) is 6.08 Å². The second kappa shape index (κ2) is 4.51. The summed E-state index contributed by atoms with van der Waals surface area (Å²) in [6.07, 6.45) is 2.47. The van der Waals surface area contributed by atoms with E-state index in [0.717, 1.165) is 5.57 Å². The molecule has 0 heterocycles. The number of carbonyl (C=O) groups is 2. The Kier molecular flexibility index (Phi) is 3.29. The molecule has 4 heteroatoms. The van der Waals surface area contributed by atoms with E-state index in [-0.39, 0.29) is 23.7 Å². The summed E-state index contributed by atoms with van der Waals surface area (Å²) in [6.45, 7) is 11.5. The standard InChI is InChI=1S/C15H20O4/c1-5-6-18-13(17)19-15-7-10(2)12(15)11(16)8-14(3,4)9-15/h5,12H,1-2,6-9H2,3-4H3. The van der Waals surface area contributed by atoms with Gasteiger partial charge in [0.2, 0.25) is 0 Å². The summed E-state index contributed by atoms with van der Waals surface area (Å²) >= 11 is 0. The van der Waals surface area contributed by atoms with Gasteiger partial charge in [-0.1, -0.05) is 38.7 Å². The average Bonchev–Trinajstić information content (AvgIpc) is 2.22. The maximum absolute atomic E-state index is 12.2. The van der Waals surface area contributed by atoms with Crippen molar-refractivity contribution in [3.05, 3.63) is 24.8 Å². The zero-order valence-electron chi connectivity index (χ0n) is 11.5. The van der Waals surface area contributed by atoms with Crippen LogP contribution in [0.3, 0.4) is 0 Å². The Morgan fingerprint density at radius 3 is 2.74 bits per heavy atom. The quantitative estimate of drug-likeness (QED) is 0.580. The zero-order valence-corrected chi connectivity index (χ0v) is 11.5. The molecular weight excluding hydrogens is 244 g/mol.